The number of methoxy groups -OCH3 is 3. The van der Waals surface area contributed by atoms with Gasteiger partial charge in [0.25, 0.3) is 0 Å². The molecule has 2 aromatic carbocycles. The summed E-state index contributed by atoms with van der Waals surface area (Å²) in [4.78, 5) is 11.1. The fraction of sp³-hybridized carbons (Fsp3) is 0.227. The highest BCUT2D eigenvalue weighted by molar-refractivity contribution is 6.06. The lowest BCUT2D eigenvalue weighted by Gasteiger charge is -2.13. The second-order valence-electron chi connectivity index (χ2n) is 6.18. The maximum absolute atomic E-state index is 13.8. The van der Waals surface area contributed by atoms with Gasteiger partial charge in [-0.3, -0.25) is 0 Å². The number of hydrogen-bond donors (Lipinski definition) is 0. The van der Waals surface area contributed by atoms with E-state index in [1.165, 1.54) is 12.1 Å². The molecule has 1 aliphatic rings. The molecule has 0 amide bonds. The topological polar surface area (TPSA) is 44.8 Å². The number of carbonyl (C=O) groups excluding carboxylic acids is 1. The lowest BCUT2D eigenvalue weighted by molar-refractivity contribution is -0.107. The Labute approximate surface area is 157 Å². The third-order valence-electron chi connectivity index (χ3n) is 4.74. The van der Waals surface area contributed by atoms with Crippen LogP contribution < -0.4 is 14.2 Å². The molecule has 0 saturated carbocycles. The van der Waals surface area contributed by atoms with E-state index in [1.807, 2.05) is 25.1 Å². The smallest absolute Gasteiger partial charge is 0.203 e. The second-order valence-corrected chi connectivity index (χ2v) is 6.18. The molecular weight excluding hydrogens is 347 g/mol. The molecule has 0 aromatic heterocycles. The summed E-state index contributed by atoms with van der Waals surface area (Å²) in [7, 11) is 4.68. The number of hydrogen-bond acceptors (Lipinski definition) is 4. The van der Waals surface area contributed by atoms with Crippen LogP contribution in [0.3, 0.4) is 0 Å². The molecule has 0 saturated heterocycles. The van der Waals surface area contributed by atoms with Crippen LogP contribution in [0.2, 0.25) is 0 Å². The molecule has 0 atom stereocenters. The Hall–Kier alpha value is -3.08. The predicted octanol–water partition coefficient (Wildman–Crippen LogP) is 4.77. The number of rotatable bonds is 6. The van der Waals surface area contributed by atoms with Crippen molar-refractivity contribution < 1.29 is 23.4 Å². The number of fused-ring (bicyclic) bond motifs is 1. The van der Waals surface area contributed by atoms with E-state index < -0.39 is 0 Å². The molecule has 140 valence electrons. The summed E-state index contributed by atoms with van der Waals surface area (Å²) < 4.78 is 29.9. The molecule has 2 aromatic rings. The Bertz CT molecular complexity index is 932. The minimum absolute atomic E-state index is 0.245. The van der Waals surface area contributed by atoms with Crippen molar-refractivity contribution in [3.8, 4) is 17.2 Å². The molecule has 0 aliphatic heterocycles. The first-order valence-electron chi connectivity index (χ1n) is 8.49. The zero-order chi connectivity index (χ0) is 19.6. The van der Waals surface area contributed by atoms with Crippen LogP contribution in [0.25, 0.3) is 17.2 Å². The standard InChI is InChI=1S/C22H21FO4/c1-13-16(7-8-24)19-12-15(23)5-6-17(19)18(13)9-14-10-20(25-2)22(27-4)21(11-14)26-3/h5-6,8-12H,7H2,1-4H3. The average molecular weight is 368 g/mol. The van der Waals surface area contributed by atoms with Gasteiger partial charge in [-0.25, -0.2) is 4.39 Å². The van der Waals surface area contributed by atoms with Gasteiger partial charge in [0.15, 0.2) is 11.5 Å². The number of allylic oxidation sites excluding steroid dienone is 3. The highest BCUT2D eigenvalue weighted by Gasteiger charge is 2.24. The zero-order valence-corrected chi connectivity index (χ0v) is 15.8. The summed E-state index contributed by atoms with van der Waals surface area (Å²) in [5.41, 5.74) is 5.25. The average Bonchev–Trinajstić information content (AvgIpc) is 2.92. The van der Waals surface area contributed by atoms with Crippen LogP contribution in [0.15, 0.2) is 35.9 Å². The van der Waals surface area contributed by atoms with Gasteiger partial charge in [0.05, 0.1) is 21.3 Å². The van der Waals surface area contributed by atoms with Crippen molar-refractivity contribution in [2.75, 3.05) is 21.3 Å². The van der Waals surface area contributed by atoms with Gasteiger partial charge in [0.2, 0.25) is 5.75 Å². The first-order chi connectivity index (χ1) is 13.0. The molecule has 5 heteroatoms. The highest BCUT2D eigenvalue weighted by Crippen LogP contribution is 2.45. The van der Waals surface area contributed by atoms with Crippen molar-refractivity contribution in [3.63, 3.8) is 0 Å². The minimum Gasteiger partial charge on any atom is -0.493 e. The van der Waals surface area contributed by atoms with Crippen LogP contribution in [0.5, 0.6) is 17.2 Å². The summed E-state index contributed by atoms with van der Waals surface area (Å²) in [5.74, 6) is 1.30. The maximum Gasteiger partial charge on any atom is 0.203 e. The normalized spacial score (nSPS) is 14.3. The fourth-order valence-electron chi connectivity index (χ4n) is 3.45. The summed E-state index contributed by atoms with van der Waals surface area (Å²) in [5, 5.41) is 0. The quantitative estimate of drug-likeness (QED) is 0.689. The highest BCUT2D eigenvalue weighted by atomic mass is 19.1. The summed E-state index contributed by atoms with van der Waals surface area (Å²) in [6.07, 6.45) is 3.07. The molecule has 0 N–H and O–H groups in total. The summed E-state index contributed by atoms with van der Waals surface area (Å²) in [6, 6.07) is 8.35. The van der Waals surface area contributed by atoms with Gasteiger partial charge in [-0.2, -0.15) is 0 Å². The zero-order valence-electron chi connectivity index (χ0n) is 15.8. The van der Waals surface area contributed by atoms with Crippen LogP contribution in [-0.4, -0.2) is 27.6 Å². The van der Waals surface area contributed by atoms with E-state index in [1.54, 1.807) is 27.4 Å². The molecule has 0 spiro atoms. The van der Waals surface area contributed by atoms with Crippen LogP contribution in [0.4, 0.5) is 4.39 Å². The first-order valence-corrected chi connectivity index (χ1v) is 8.49. The molecule has 27 heavy (non-hydrogen) atoms. The van der Waals surface area contributed by atoms with E-state index in [4.69, 9.17) is 14.2 Å². The van der Waals surface area contributed by atoms with E-state index in [9.17, 15) is 9.18 Å². The van der Waals surface area contributed by atoms with E-state index in [0.29, 0.717) is 17.2 Å². The molecule has 1 aliphatic carbocycles. The Kier molecular flexibility index (Phi) is 5.31. The van der Waals surface area contributed by atoms with Gasteiger partial charge in [0, 0.05) is 6.42 Å². The number of carbonyl (C=O) groups is 1. The first kappa shape index (κ1) is 18.7. The van der Waals surface area contributed by atoms with Gasteiger partial charge in [-0.05, 0) is 70.7 Å². The van der Waals surface area contributed by atoms with Crippen molar-refractivity contribution in [3.05, 3.63) is 58.4 Å². The van der Waals surface area contributed by atoms with E-state index in [0.717, 1.165) is 39.7 Å². The van der Waals surface area contributed by atoms with Crippen molar-refractivity contribution >= 4 is 23.5 Å². The monoisotopic (exact) mass is 368 g/mol. The van der Waals surface area contributed by atoms with E-state index in [2.05, 4.69) is 0 Å². The van der Waals surface area contributed by atoms with Crippen molar-refractivity contribution in [1.82, 2.24) is 0 Å². The number of benzene rings is 2. The molecule has 0 unspecified atom stereocenters. The van der Waals surface area contributed by atoms with Crippen LogP contribution in [0.1, 0.15) is 30.0 Å². The van der Waals surface area contributed by atoms with Crippen molar-refractivity contribution in [2.24, 2.45) is 0 Å². The number of halogens is 1. The summed E-state index contributed by atoms with van der Waals surface area (Å²) >= 11 is 0. The van der Waals surface area contributed by atoms with Crippen LogP contribution in [0, 0.1) is 5.82 Å². The Balaban J connectivity index is 2.19. The lowest BCUT2D eigenvalue weighted by atomic mass is 10.00. The Morgan fingerprint density at radius 2 is 1.63 bits per heavy atom. The molecule has 3 rings (SSSR count). The minimum atomic E-state index is -0.320. The van der Waals surface area contributed by atoms with Gasteiger partial charge >= 0.3 is 0 Å². The van der Waals surface area contributed by atoms with Crippen LogP contribution in [-0.2, 0) is 4.79 Å². The largest absolute Gasteiger partial charge is 0.493 e. The molecular formula is C22H21FO4. The van der Waals surface area contributed by atoms with Gasteiger partial charge in [-0.1, -0.05) is 6.07 Å². The molecule has 0 fully saturated rings. The fourth-order valence-corrected chi connectivity index (χ4v) is 3.45. The second kappa shape index (κ2) is 7.66. The Morgan fingerprint density at radius 1 is 0.963 bits per heavy atom. The van der Waals surface area contributed by atoms with E-state index in [-0.39, 0.29) is 12.2 Å². The number of aldehydes is 1. The van der Waals surface area contributed by atoms with E-state index >= 15 is 0 Å². The molecule has 0 heterocycles. The molecule has 0 bridgehead atoms. The molecule has 0 radical (unpaired) electrons. The SMILES string of the molecule is COc1cc(C=C2C(C)=C(CC=O)c3cc(F)ccc32)cc(OC)c1OC. The Morgan fingerprint density at radius 3 is 2.19 bits per heavy atom. The van der Waals surface area contributed by atoms with Crippen molar-refractivity contribution in [2.45, 2.75) is 13.3 Å². The third kappa shape index (κ3) is 3.33. The predicted molar refractivity (Wildman–Crippen MR) is 104 cm³/mol. The van der Waals surface area contributed by atoms with Crippen LogP contribution >= 0.6 is 0 Å². The molecule has 4 nitrogen and oxygen atoms in total. The van der Waals surface area contributed by atoms with Gasteiger partial charge < -0.3 is 19.0 Å². The maximum atomic E-state index is 13.8. The number of ether oxygens (including phenoxy) is 3. The van der Waals surface area contributed by atoms with Gasteiger partial charge in [0.1, 0.15) is 12.1 Å². The van der Waals surface area contributed by atoms with Crippen molar-refractivity contribution in [1.29, 1.82) is 0 Å². The lowest BCUT2D eigenvalue weighted by Crippen LogP contribution is -1.95. The summed E-state index contributed by atoms with van der Waals surface area (Å²) in [6.45, 7) is 1.94. The third-order valence-corrected chi connectivity index (χ3v) is 4.74. The van der Waals surface area contributed by atoms with Gasteiger partial charge in [-0.15, -0.1) is 0 Å².